The summed E-state index contributed by atoms with van der Waals surface area (Å²) >= 11 is 1.29. The van der Waals surface area contributed by atoms with E-state index in [0.717, 1.165) is 28.0 Å². The smallest absolute Gasteiger partial charge is 0.283 e. The third-order valence-electron chi connectivity index (χ3n) is 6.34. The molecular weight excluding hydrogens is 508 g/mol. The van der Waals surface area contributed by atoms with Crippen LogP contribution in [0.2, 0.25) is 0 Å². The Morgan fingerprint density at radius 1 is 0.949 bits per heavy atom. The molecule has 0 unspecified atom stereocenters. The highest BCUT2D eigenvalue weighted by molar-refractivity contribution is 8.27. The van der Waals surface area contributed by atoms with Gasteiger partial charge in [-0.25, -0.2) is 0 Å². The number of nitrogens with one attached hydrogen (secondary N) is 1. The van der Waals surface area contributed by atoms with Crippen molar-refractivity contribution in [1.29, 1.82) is 5.41 Å². The predicted octanol–water partition coefficient (Wildman–Crippen LogP) is 6.55. The Balaban J connectivity index is 1.21. The first-order valence-corrected chi connectivity index (χ1v) is 13.6. The van der Waals surface area contributed by atoms with Crippen LogP contribution < -0.4 is 9.47 Å². The Kier molecular flexibility index (Phi) is 7.65. The maximum atomic E-state index is 12.8. The first-order chi connectivity index (χ1) is 18.8. The van der Waals surface area contributed by atoms with E-state index in [1.807, 2.05) is 55.5 Å². The van der Waals surface area contributed by atoms with E-state index in [9.17, 15) is 4.79 Å². The zero-order valence-corrected chi connectivity index (χ0v) is 23.2. The quantitative estimate of drug-likeness (QED) is 0.260. The lowest BCUT2D eigenvalue weighted by atomic mass is 10.0. The molecule has 0 atom stereocenters. The van der Waals surface area contributed by atoms with E-state index in [2.05, 4.69) is 49.1 Å². The monoisotopic (exact) mass is 538 g/mol. The van der Waals surface area contributed by atoms with Crippen LogP contribution in [0, 0.1) is 19.3 Å². The van der Waals surface area contributed by atoms with Crippen LogP contribution in [0.5, 0.6) is 11.5 Å². The number of hydrazone groups is 1. The minimum Gasteiger partial charge on any atom is -0.490 e. The molecule has 0 saturated heterocycles. The first kappa shape index (κ1) is 26.4. The van der Waals surface area contributed by atoms with E-state index in [0.29, 0.717) is 35.1 Å². The molecule has 1 N–H and O–H groups in total. The molecule has 2 aliphatic rings. The van der Waals surface area contributed by atoms with Gasteiger partial charge in [-0.2, -0.15) is 15.1 Å². The van der Waals surface area contributed by atoms with Crippen LogP contribution in [0.4, 0.5) is 0 Å². The number of ether oxygens (including phenoxy) is 2. The van der Waals surface area contributed by atoms with Gasteiger partial charge in [0.2, 0.25) is 5.17 Å². The molecule has 39 heavy (non-hydrogen) atoms. The van der Waals surface area contributed by atoms with Gasteiger partial charge in [-0.3, -0.25) is 10.2 Å². The van der Waals surface area contributed by atoms with Crippen molar-refractivity contribution in [3.63, 3.8) is 0 Å². The highest BCUT2D eigenvalue weighted by Crippen LogP contribution is 2.31. The number of amides is 1. The molecule has 0 saturated carbocycles. The number of benzene rings is 3. The van der Waals surface area contributed by atoms with Gasteiger partial charge in [-0.15, -0.1) is 0 Å². The van der Waals surface area contributed by atoms with Crippen molar-refractivity contribution < 1.29 is 14.3 Å². The van der Waals surface area contributed by atoms with Crippen molar-refractivity contribution in [2.24, 2.45) is 10.1 Å². The Hall–Kier alpha value is -4.17. The number of carbonyl (C=O) groups excluding carboxylic acids is 1. The minimum absolute atomic E-state index is 0.00834. The average molecular weight is 539 g/mol. The fraction of sp³-hybridized carbons (Fsp3) is 0.226. The number of aryl methyl sites for hydroxylation is 2. The van der Waals surface area contributed by atoms with Crippen LogP contribution in [0.15, 0.2) is 82.4 Å². The lowest BCUT2D eigenvalue weighted by Crippen LogP contribution is -2.35. The zero-order chi connectivity index (χ0) is 27.5. The molecule has 1 amide bonds. The number of fused-ring (bicyclic) bond motifs is 1. The topological polar surface area (TPSA) is 87.3 Å². The van der Waals surface area contributed by atoms with Crippen molar-refractivity contribution in [2.75, 3.05) is 13.2 Å². The Morgan fingerprint density at radius 3 is 2.36 bits per heavy atom. The molecule has 0 aromatic heterocycles. The van der Waals surface area contributed by atoms with Gasteiger partial charge in [-0.05, 0) is 72.5 Å². The molecule has 0 spiro atoms. The van der Waals surface area contributed by atoms with Crippen molar-refractivity contribution in [1.82, 2.24) is 5.01 Å². The van der Waals surface area contributed by atoms with E-state index >= 15 is 0 Å². The molecular formula is C31H30N4O3S. The normalized spacial score (nSPS) is 15.9. The molecule has 0 radical (unpaired) electrons. The third-order valence-corrected chi connectivity index (χ3v) is 7.30. The highest BCUT2D eigenvalue weighted by Gasteiger charge is 2.36. The van der Waals surface area contributed by atoms with E-state index in [4.69, 9.17) is 14.9 Å². The summed E-state index contributed by atoms with van der Waals surface area (Å²) in [5, 5.41) is 15.7. The molecule has 0 bridgehead atoms. The number of hydrogen-bond acceptors (Lipinski definition) is 6. The number of thioether (sulfide) groups is 1. The fourth-order valence-electron chi connectivity index (χ4n) is 4.19. The second kappa shape index (κ2) is 11.3. The van der Waals surface area contributed by atoms with E-state index in [1.54, 1.807) is 6.08 Å². The summed E-state index contributed by atoms with van der Waals surface area (Å²) < 4.78 is 11.9. The SMILES string of the molecule is Cc1ccc(C2=NN3C(=N)C(=Cc4ccc(OCCOc5cc(C)ccc5C(C)C)cc4)C(=O)N=C3S2)cc1. The van der Waals surface area contributed by atoms with Crippen molar-refractivity contribution in [3.05, 3.63) is 100 Å². The predicted molar refractivity (Wildman–Crippen MR) is 158 cm³/mol. The lowest BCUT2D eigenvalue weighted by molar-refractivity contribution is -0.114. The molecule has 0 aliphatic carbocycles. The lowest BCUT2D eigenvalue weighted by Gasteiger charge is -2.20. The Labute approximate surface area is 232 Å². The number of aliphatic imine (C=N–C) groups is 1. The molecule has 0 fully saturated rings. The number of rotatable bonds is 8. The van der Waals surface area contributed by atoms with Gasteiger partial charge >= 0.3 is 0 Å². The Bertz CT molecular complexity index is 1510. The van der Waals surface area contributed by atoms with Crippen LogP contribution in [0.25, 0.3) is 6.08 Å². The van der Waals surface area contributed by atoms with Crippen LogP contribution in [-0.4, -0.2) is 40.2 Å². The summed E-state index contributed by atoms with van der Waals surface area (Å²) in [5.74, 6) is 1.53. The number of hydrogen-bond donors (Lipinski definition) is 1. The molecule has 8 heteroatoms. The Morgan fingerprint density at radius 2 is 1.64 bits per heavy atom. The molecule has 198 valence electrons. The first-order valence-electron chi connectivity index (χ1n) is 12.8. The van der Waals surface area contributed by atoms with Crippen molar-refractivity contribution in [2.45, 2.75) is 33.6 Å². The average Bonchev–Trinajstić information content (AvgIpc) is 3.34. The van der Waals surface area contributed by atoms with E-state index in [1.165, 1.54) is 22.3 Å². The maximum absolute atomic E-state index is 12.8. The van der Waals surface area contributed by atoms with Gasteiger partial charge in [0.25, 0.3) is 5.91 Å². The molecule has 2 heterocycles. The molecule has 5 rings (SSSR count). The number of carbonyl (C=O) groups is 1. The van der Waals surface area contributed by atoms with Crippen LogP contribution in [-0.2, 0) is 4.79 Å². The fourth-order valence-corrected chi connectivity index (χ4v) is 5.08. The van der Waals surface area contributed by atoms with Gasteiger partial charge < -0.3 is 9.47 Å². The molecule has 3 aromatic carbocycles. The van der Waals surface area contributed by atoms with Gasteiger partial charge in [0.05, 0.1) is 5.57 Å². The summed E-state index contributed by atoms with van der Waals surface area (Å²) in [5.41, 5.74) is 5.37. The van der Waals surface area contributed by atoms with E-state index in [-0.39, 0.29) is 11.4 Å². The van der Waals surface area contributed by atoms with E-state index < -0.39 is 5.91 Å². The van der Waals surface area contributed by atoms with Gasteiger partial charge in [-0.1, -0.05) is 67.9 Å². The third kappa shape index (κ3) is 5.96. The van der Waals surface area contributed by atoms with Gasteiger partial charge in [0, 0.05) is 5.56 Å². The molecule has 2 aliphatic heterocycles. The number of nitrogens with zero attached hydrogens (tertiary/aromatic N) is 3. The number of amidine groups is 2. The summed E-state index contributed by atoms with van der Waals surface area (Å²) in [4.78, 5) is 16.9. The van der Waals surface area contributed by atoms with Gasteiger partial charge in [0.1, 0.15) is 29.8 Å². The standard InChI is InChI=1S/C31H30N4O3S/c1-19(2)25-14-7-21(4)17-27(25)38-16-15-37-24-12-8-22(9-13-24)18-26-28(32)35-31(33-29(26)36)39-30(34-35)23-10-5-20(3)6-11-23/h5-14,17-19,32H,15-16H2,1-4H3. The zero-order valence-electron chi connectivity index (χ0n) is 22.4. The van der Waals surface area contributed by atoms with Crippen molar-refractivity contribution >= 4 is 39.8 Å². The summed E-state index contributed by atoms with van der Waals surface area (Å²) in [6.45, 7) is 9.21. The van der Waals surface area contributed by atoms with Crippen LogP contribution >= 0.6 is 11.8 Å². The molecule has 3 aromatic rings. The van der Waals surface area contributed by atoms with Crippen LogP contribution in [0.3, 0.4) is 0 Å². The minimum atomic E-state index is -0.450. The summed E-state index contributed by atoms with van der Waals surface area (Å²) in [6, 6.07) is 21.6. The van der Waals surface area contributed by atoms with Gasteiger partial charge in [0.15, 0.2) is 5.84 Å². The summed E-state index contributed by atoms with van der Waals surface area (Å²) in [7, 11) is 0. The van der Waals surface area contributed by atoms with Crippen LogP contribution in [0.1, 0.15) is 47.6 Å². The molecule has 7 nitrogen and oxygen atoms in total. The maximum Gasteiger partial charge on any atom is 0.283 e. The second-order valence-corrected chi connectivity index (χ2v) is 10.7. The highest BCUT2D eigenvalue weighted by atomic mass is 32.2. The van der Waals surface area contributed by atoms with Crippen molar-refractivity contribution in [3.8, 4) is 11.5 Å². The summed E-state index contributed by atoms with van der Waals surface area (Å²) in [6.07, 6.45) is 1.66. The second-order valence-electron chi connectivity index (χ2n) is 9.75. The largest absolute Gasteiger partial charge is 0.490 e.